The summed E-state index contributed by atoms with van der Waals surface area (Å²) in [6, 6.07) is 10.5. The van der Waals surface area contributed by atoms with Crippen molar-refractivity contribution >= 4 is 0 Å². The molecular weight excluding hydrogens is 210 g/mol. The summed E-state index contributed by atoms with van der Waals surface area (Å²) < 4.78 is 1.95. The van der Waals surface area contributed by atoms with Gasteiger partial charge in [-0.2, -0.15) is 5.10 Å². The number of rotatable bonds is 6. The maximum atomic E-state index is 4.25. The van der Waals surface area contributed by atoms with Crippen molar-refractivity contribution in [2.75, 3.05) is 6.54 Å². The quantitative estimate of drug-likeness (QED) is 0.770. The van der Waals surface area contributed by atoms with Crippen molar-refractivity contribution in [3.63, 3.8) is 0 Å². The summed E-state index contributed by atoms with van der Waals surface area (Å²) in [6.45, 7) is 4.93. The third-order valence-corrected chi connectivity index (χ3v) is 2.77. The second kappa shape index (κ2) is 6.21. The molecular formula is C14H19N3. The molecule has 2 rings (SSSR count). The zero-order valence-electron chi connectivity index (χ0n) is 10.3. The number of hydrogen-bond donors (Lipinski definition) is 1. The maximum absolute atomic E-state index is 4.25. The maximum Gasteiger partial charge on any atom is 0.0534 e. The molecule has 2 aromatic rings. The van der Waals surface area contributed by atoms with Crippen molar-refractivity contribution in [2.24, 2.45) is 0 Å². The van der Waals surface area contributed by atoms with Crippen LogP contribution in [0.4, 0.5) is 0 Å². The Balaban J connectivity index is 1.69. The third-order valence-electron chi connectivity index (χ3n) is 2.77. The molecule has 1 aromatic carbocycles. The van der Waals surface area contributed by atoms with Crippen LogP contribution < -0.4 is 5.32 Å². The molecule has 0 unspecified atom stereocenters. The molecule has 3 heteroatoms. The monoisotopic (exact) mass is 229 g/mol. The molecule has 1 heterocycles. The summed E-state index contributed by atoms with van der Waals surface area (Å²) in [7, 11) is 0. The Bertz CT molecular complexity index is 434. The van der Waals surface area contributed by atoms with E-state index in [0.29, 0.717) is 0 Å². The average Bonchev–Trinajstić information content (AvgIpc) is 2.84. The smallest absolute Gasteiger partial charge is 0.0534 e. The zero-order valence-corrected chi connectivity index (χ0v) is 10.3. The van der Waals surface area contributed by atoms with Gasteiger partial charge in [0.2, 0.25) is 0 Å². The standard InChI is InChI=1S/C14H19N3/c1-2-17-12-14(11-16-17)10-15-9-8-13-6-4-3-5-7-13/h3-7,11-12,15H,2,8-10H2,1H3. The molecule has 0 fully saturated rings. The summed E-state index contributed by atoms with van der Waals surface area (Å²) in [5.41, 5.74) is 2.63. The number of aromatic nitrogens is 2. The fraction of sp³-hybridized carbons (Fsp3) is 0.357. The van der Waals surface area contributed by atoms with Gasteiger partial charge in [-0.3, -0.25) is 4.68 Å². The summed E-state index contributed by atoms with van der Waals surface area (Å²) in [5.74, 6) is 0. The van der Waals surface area contributed by atoms with E-state index < -0.39 is 0 Å². The van der Waals surface area contributed by atoms with E-state index in [1.54, 1.807) is 0 Å². The highest BCUT2D eigenvalue weighted by molar-refractivity contribution is 5.14. The fourth-order valence-electron chi connectivity index (χ4n) is 1.78. The first-order valence-corrected chi connectivity index (χ1v) is 6.14. The van der Waals surface area contributed by atoms with Gasteiger partial charge in [0.25, 0.3) is 0 Å². The Labute approximate surface area is 102 Å². The van der Waals surface area contributed by atoms with Crippen LogP contribution in [0.2, 0.25) is 0 Å². The van der Waals surface area contributed by atoms with Crippen molar-refractivity contribution in [3.05, 3.63) is 53.9 Å². The summed E-state index contributed by atoms with van der Waals surface area (Å²) >= 11 is 0. The van der Waals surface area contributed by atoms with Crippen LogP contribution >= 0.6 is 0 Å². The van der Waals surface area contributed by atoms with Crippen molar-refractivity contribution in [1.29, 1.82) is 0 Å². The second-order valence-corrected chi connectivity index (χ2v) is 4.12. The SMILES string of the molecule is CCn1cc(CNCCc2ccccc2)cn1. The van der Waals surface area contributed by atoms with Crippen molar-refractivity contribution < 1.29 is 0 Å². The lowest BCUT2D eigenvalue weighted by atomic mass is 10.1. The van der Waals surface area contributed by atoms with Crippen LogP contribution in [-0.2, 0) is 19.5 Å². The number of hydrogen-bond acceptors (Lipinski definition) is 2. The van der Waals surface area contributed by atoms with E-state index >= 15 is 0 Å². The normalized spacial score (nSPS) is 10.6. The molecule has 3 nitrogen and oxygen atoms in total. The molecule has 17 heavy (non-hydrogen) atoms. The molecule has 1 aromatic heterocycles. The molecule has 0 saturated heterocycles. The summed E-state index contributed by atoms with van der Waals surface area (Å²) in [5, 5.41) is 7.68. The van der Waals surface area contributed by atoms with Crippen LogP contribution in [0.15, 0.2) is 42.7 Å². The van der Waals surface area contributed by atoms with E-state index in [-0.39, 0.29) is 0 Å². The van der Waals surface area contributed by atoms with Gasteiger partial charge in [0, 0.05) is 24.8 Å². The van der Waals surface area contributed by atoms with E-state index in [2.05, 4.69) is 53.9 Å². The molecule has 0 saturated carbocycles. The molecule has 90 valence electrons. The van der Waals surface area contributed by atoms with E-state index in [1.807, 2.05) is 10.9 Å². The second-order valence-electron chi connectivity index (χ2n) is 4.12. The van der Waals surface area contributed by atoms with Crippen LogP contribution in [0.1, 0.15) is 18.1 Å². The topological polar surface area (TPSA) is 29.9 Å². The Morgan fingerprint density at radius 2 is 2.00 bits per heavy atom. The first-order chi connectivity index (χ1) is 8.38. The lowest BCUT2D eigenvalue weighted by molar-refractivity contribution is 0.655. The van der Waals surface area contributed by atoms with Gasteiger partial charge in [0.15, 0.2) is 0 Å². The summed E-state index contributed by atoms with van der Waals surface area (Å²) in [4.78, 5) is 0. The lowest BCUT2D eigenvalue weighted by Crippen LogP contribution is -2.16. The van der Waals surface area contributed by atoms with E-state index in [1.165, 1.54) is 11.1 Å². The summed E-state index contributed by atoms with van der Waals surface area (Å²) in [6.07, 6.45) is 5.09. The lowest BCUT2D eigenvalue weighted by Gasteiger charge is -2.03. The Morgan fingerprint density at radius 1 is 1.18 bits per heavy atom. The molecule has 0 spiro atoms. The third kappa shape index (κ3) is 3.71. The van der Waals surface area contributed by atoms with Gasteiger partial charge in [-0.1, -0.05) is 30.3 Å². The first-order valence-electron chi connectivity index (χ1n) is 6.14. The number of aryl methyl sites for hydroxylation is 1. The van der Waals surface area contributed by atoms with Gasteiger partial charge in [0.05, 0.1) is 6.20 Å². The largest absolute Gasteiger partial charge is 0.312 e. The highest BCUT2D eigenvalue weighted by Gasteiger charge is 1.96. The van der Waals surface area contributed by atoms with Gasteiger partial charge in [-0.15, -0.1) is 0 Å². The minimum absolute atomic E-state index is 0.896. The minimum Gasteiger partial charge on any atom is -0.312 e. The fourth-order valence-corrected chi connectivity index (χ4v) is 1.78. The molecule has 1 N–H and O–H groups in total. The molecule has 0 amide bonds. The molecule has 0 aliphatic carbocycles. The van der Waals surface area contributed by atoms with Crippen LogP contribution in [0.3, 0.4) is 0 Å². The number of benzene rings is 1. The molecule has 0 bridgehead atoms. The van der Waals surface area contributed by atoms with Crippen LogP contribution in [-0.4, -0.2) is 16.3 Å². The molecule has 0 atom stereocenters. The van der Waals surface area contributed by atoms with Gasteiger partial charge in [-0.25, -0.2) is 0 Å². The first kappa shape index (κ1) is 11.9. The Kier molecular flexibility index (Phi) is 4.33. The van der Waals surface area contributed by atoms with E-state index in [9.17, 15) is 0 Å². The molecule has 0 radical (unpaired) electrons. The minimum atomic E-state index is 0.896. The molecule has 0 aliphatic rings. The number of nitrogens with zero attached hydrogens (tertiary/aromatic N) is 2. The zero-order chi connectivity index (χ0) is 11.9. The van der Waals surface area contributed by atoms with E-state index in [4.69, 9.17) is 0 Å². The average molecular weight is 229 g/mol. The Hall–Kier alpha value is -1.61. The van der Waals surface area contributed by atoms with Crippen LogP contribution in [0.25, 0.3) is 0 Å². The van der Waals surface area contributed by atoms with Gasteiger partial charge in [-0.05, 0) is 25.5 Å². The number of nitrogens with one attached hydrogen (secondary N) is 1. The van der Waals surface area contributed by atoms with E-state index in [0.717, 1.165) is 26.1 Å². The highest BCUT2D eigenvalue weighted by Crippen LogP contribution is 2.00. The van der Waals surface area contributed by atoms with Crippen LogP contribution in [0, 0.1) is 0 Å². The van der Waals surface area contributed by atoms with Crippen LogP contribution in [0.5, 0.6) is 0 Å². The molecule has 0 aliphatic heterocycles. The van der Waals surface area contributed by atoms with Crippen molar-refractivity contribution in [1.82, 2.24) is 15.1 Å². The highest BCUT2D eigenvalue weighted by atomic mass is 15.3. The Morgan fingerprint density at radius 3 is 2.71 bits per heavy atom. The predicted octanol–water partition coefficient (Wildman–Crippen LogP) is 2.24. The van der Waals surface area contributed by atoms with Crippen molar-refractivity contribution in [3.8, 4) is 0 Å². The van der Waals surface area contributed by atoms with Gasteiger partial charge in [0.1, 0.15) is 0 Å². The van der Waals surface area contributed by atoms with Crippen molar-refractivity contribution in [2.45, 2.75) is 26.4 Å². The predicted molar refractivity (Wildman–Crippen MR) is 69.8 cm³/mol. The van der Waals surface area contributed by atoms with Gasteiger partial charge < -0.3 is 5.32 Å². The van der Waals surface area contributed by atoms with Gasteiger partial charge >= 0.3 is 0 Å².